The van der Waals surface area contributed by atoms with E-state index in [0.29, 0.717) is 102 Å². The Kier molecular flexibility index (Phi) is 13.6. The van der Waals surface area contributed by atoms with Crippen LogP contribution in [0.25, 0.3) is 89.5 Å². The number of hydrogen-bond acceptors (Lipinski definition) is 0. The van der Waals surface area contributed by atoms with E-state index in [1.807, 2.05) is 91.8 Å². The second-order valence-corrected chi connectivity index (χ2v) is 27.1. The van der Waals surface area contributed by atoms with Crippen LogP contribution in [0.2, 0.25) is 0 Å². The van der Waals surface area contributed by atoms with E-state index in [9.17, 15) is 0 Å². The van der Waals surface area contributed by atoms with Crippen molar-refractivity contribution in [3.63, 3.8) is 0 Å². The van der Waals surface area contributed by atoms with Gasteiger partial charge >= 0.3 is 0 Å². The predicted octanol–water partition coefficient (Wildman–Crippen LogP) is 23.7. The highest BCUT2D eigenvalue weighted by Crippen LogP contribution is 2.41. The number of nitrogens with zero attached hydrogens (tertiary/aromatic N) is 4. The third kappa shape index (κ3) is 16.6. The monoisotopic (exact) mass is 1380 g/mol. The van der Waals surface area contributed by atoms with Crippen molar-refractivity contribution in [2.45, 2.75) is 173 Å². The first-order chi connectivity index (χ1) is 61.7. The number of rotatable bonds is 10. The molecule has 0 bridgehead atoms. The molecule has 14 rings (SSSR count). The number of hydrogen-bond donors (Lipinski definition) is 0. The zero-order valence-electron chi connectivity index (χ0n) is 91.9. The van der Waals surface area contributed by atoms with E-state index < -0.39 is 80.3 Å². The number of aryl methyl sites for hydroxylation is 19. The van der Waals surface area contributed by atoms with E-state index in [0.717, 1.165) is 89.7 Å². The summed E-state index contributed by atoms with van der Waals surface area (Å²) < 4.78 is 264. The van der Waals surface area contributed by atoms with Gasteiger partial charge in [-0.1, -0.05) is 159 Å². The van der Waals surface area contributed by atoms with Crippen molar-refractivity contribution >= 4 is 0 Å². The molecule has 2 aliphatic carbocycles. The quantitative estimate of drug-likeness (QED) is 0.121. The fraction of sp³-hybridized carbons (Fsp3) is 0.306. The third-order valence-corrected chi connectivity index (χ3v) is 19.8. The van der Waals surface area contributed by atoms with Gasteiger partial charge in [0.15, 0.2) is 24.8 Å². The molecule has 520 valence electrons. The summed E-state index contributed by atoms with van der Waals surface area (Å²) in [6, 6.07) is 53.2. The molecule has 12 aromatic rings. The van der Waals surface area contributed by atoms with Gasteiger partial charge in [-0.3, -0.25) is 0 Å². The van der Waals surface area contributed by atoms with Gasteiger partial charge in [-0.15, -0.1) is 0 Å². The standard InChI is InChI=1S/C27H32N.C26H30N.C23H26N.C22H24N/c1-19-10-8-9-13-24(19)25-18-26(21(3)16-20(25)2)27-17-23(14-15-28(27)4)22-11-6-5-7-12-22;1-18-9-5-8-12-23(18)22-14-13-19(2)25(15-22)26-16-24(20(3)17-27(26)4)21-10-6-7-11-21;1-15-9-7-8-10-20(15)21-13-22(18(4)11-17(21)3)23-12-16(2)19(5)14-24(23)6;1-15-10-11-22(23(5)14-15)21-13-20(17(3)12-18(21)4)19-9-7-6-8-16(19)2/h8-10,13-18,22H,5-7,11-12H2,1-4H3;5,8-9,12-17,21H,6-7,10-11H2,1-4H3;7-14H,1-6H3;6-14H,1-5H3/q4*+1/i1D3,2D3,22D;1D3,3D3,21D;1D3,3D3,5D3;1D3,2D3,3D3. The summed E-state index contributed by atoms with van der Waals surface area (Å²) >= 11 is 0. The van der Waals surface area contributed by atoms with Gasteiger partial charge < -0.3 is 0 Å². The summed E-state index contributed by atoms with van der Waals surface area (Å²) in [6.07, 6.45) is 14.7. The van der Waals surface area contributed by atoms with E-state index in [-0.39, 0.29) is 50.1 Å². The summed E-state index contributed by atoms with van der Waals surface area (Å²) in [5, 5.41) is 0. The smallest absolute Gasteiger partial charge is 0.201 e. The van der Waals surface area contributed by atoms with Crippen LogP contribution in [0.15, 0.2) is 213 Å². The molecular formula is C98H112N4+4. The number of aromatic nitrogens is 4. The molecule has 4 heteroatoms. The van der Waals surface area contributed by atoms with Gasteiger partial charge in [0.2, 0.25) is 22.8 Å². The van der Waals surface area contributed by atoms with Crippen LogP contribution in [0.5, 0.6) is 0 Å². The normalized spacial score (nSPS) is 19.5. The first kappa shape index (κ1) is 42.7. The molecule has 4 aromatic heterocycles. The maximum absolute atomic E-state index is 9.09. The summed E-state index contributed by atoms with van der Waals surface area (Å²) in [7, 11) is 7.21. The molecule has 102 heavy (non-hydrogen) atoms. The van der Waals surface area contributed by atoms with Crippen LogP contribution in [0.3, 0.4) is 0 Å². The fourth-order valence-corrected chi connectivity index (χ4v) is 14.1. The molecule has 0 N–H and O–H groups in total. The van der Waals surface area contributed by atoms with E-state index in [2.05, 4.69) is 6.07 Å². The molecule has 0 radical (unpaired) electrons. The molecule has 0 unspecified atom stereocenters. The van der Waals surface area contributed by atoms with E-state index in [4.69, 9.17) is 43.9 Å². The number of pyridine rings is 4. The molecule has 2 fully saturated rings. The zero-order valence-corrected chi connectivity index (χ0v) is 59.9. The number of benzene rings is 8. The Labute approximate surface area is 658 Å². The molecular weight excluding hydrogens is 1230 g/mol. The van der Waals surface area contributed by atoms with Gasteiger partial charge in [0.05, 0.1) is 0 Å². The highest BCUT2D eigenvalue weighted by molar-refractivity contribution is 5.81. The van der Waals surface area contributed by atoms with Crippen LogP contribution in [-0.2, 0) is 28.2 Å². The zero-order chi connectivity index (χ0) is 99.5. The molecule has 0 spiro atoms. The summed E-state index contributed by atoms with van der Waals surface area (Å²) in [5.41, 5.74) is 16.5. The molecule has 2 aliphatic rings. The van der Waals surface area contributed by atoms with Gasteiger partial charge in [-0.05, 0) is 293 Å². The van der Waals surface area contributed by atoms with Gasteiger partial charge in [-0.25, -0.2) is 18.3 Å². The lowest BCUT2D eigenvalue weighted by atomic mass is 9.83. The maximum Gasteiger partial charge on any atom is 0.212 e. The van der Waals surface area contributed by atoms with E-state index in [1.54, 1.807) is 172 Å². The lowest BCUT2D eigenvalue weighted by molar-refractivity contribution is -0.660. The van der Waals surface area contributed by atoms with Gasteiger partial charge in [0, 0.05) is 113 Å². The summed E-state index contributed by atoms with van der Waals surface area (Å²) in [4.78, 5) is 0. The van der Waals surface area contributed by atoms with Gasteiger partial charge in [-0.2, -0.15) is 0 Å². The van der Waals surface area contributed by atoms with Gasteiger partial charge in [0.1, 0.15) is 28.2 Å². The topological polar surface area (TPSA) is 15.5 Å². The molecule has 4 heterocycles. The Balaban J connectivity index is 0.000000172. The minimum absolute atomic E-state index is 0.0669. The highest BCUT2D eigenvalue weighted by atomic mass is 14.9. The van der Waals surface area contributed by atoms with Crippen LogP contribution < -0.4 is 18.3 Å². The Bertz CT molecular complexity index is 6340. The highest BCUT2D eigenvalue weighted by Gasteiger charge is 2.26. The minimum Gasteiger partial charge on any atom is -0.201 e. The van der Waals surface area contributed by atoms with Crippen LogP contribution in [-0.4, -0.2) is 0 Å². The SMILES string of the molecule is [2H]C([2H])([2H])c1c[n+](C)c(-c2cc(-c3ccccc3C([2H])([2H])[2H])c(C([2H])([2H])[2H])cc2C)cc1C.[2H]C([2H])([2H])c1ccc(-c2cc(-c3ccccc3C([2H])([2H])[2H])c(C([2H])([2H])[2H])cc2C)[n+](C)c1.[2H]C([2H])([2H])c1ccccc1-c1cc(-c2cc(C3([2H])CCCCC3)cc[n+]2C)c(C)cc1C([2H])([2H])[2H].[2H]C([2H])([2H])c1ccccc1-c1ccc(C)c(-c2cc(C3([2H])CCCC3)c(C([2H])([2H])[2H])c[n+]2C)c1. The van der Waals surface area contributed by atoms with Crippen molar-refractivity contribution in [1.82, 2.24) is 0 Å². The first-order valence-corrected chi connectivity index (χ1v) is 34.8. The molecule has 0 saturated heterocycles. The Morgan fingerprint density at radius 1 is 0.275 bits per heavy atom. The van der Waals surface area contributed by atoms with Crippen molar-refractivity contribution in [2.75, 3.05) is 0 Å². The minimum atomic E-state index is -2.45. The lowest BCUT2D eigenvalue weighted by Crippen LogP contribution is -2.32. The first-order valence-electron chi connectivity index (χ1n) is 50.8. The van der Waals surface area contributed by atoms with Crippen molar-refractivity contribution in [2.24, 2.45) is 28.2 Å². The average molecular weight is 1380 g/mol. The molecule has 0 atom stereocenters. The Morgan fingerprint density at radius 2 is 0.696 bits per heavy atom. The molecule has 0 amide bonds. The summed E-state index contributed by atoms with van der Waals surface area (Å²) in [5.74, 6) is -1.53. The predicted molar refractivity (Wildman–Crippen MR) is 432 cm³/mol. The van der Waals surface area contributed by atoms with Crippen molar-refractivity contribution < 1.29 is 62.1 Å². The van der Waals surface area contributed by atoms with Crippen molar-refractivity contribution in [3.05, 3.63) is 307 Å². The maximum atomic E-state index is 9.09. The molecule has 0 aliphatic heterocycles. The Morgan fingerprint density at radius 3 is 1.20 bits per heavy atom. The van der Waals surface area contributed by atoms with Crippen molar-refractivity contribution in [1.29, 1.82) is 0 Å². The second-order valence-electron chi connectivity index (χ2n) is 27.1. The van der Waals surface area contributed by atoms with Gasteiger partial charge in [0.25, 0.3) is 0 Å². The third-order valence-electron chi connectivity index (χ3n) is 19.8. The average Bonchev–Trinajstić information content (AvgIpc) is 1.22. The molecule has 8 aromatic carbocycles. The Hall–Kier alpha value is -9.64. The fourth-order valence-electron chi connectivity index (χ4n) is 14.1. The van der Waals surface area contributed by atoms with E-state index in [1.165, 1.54) is 24.4 Å². The van der Waals surface area contributed by atoms with Crippen LogP contribution >= 0.6 is 0 Å². The van der Waals surface area contributed by atoms with Crippen LogP contribution in [0, 0.1) is 103 Å². The van der Waals surface area contributed by atoms with E-state index >= 15 is 0 Å². The molecule has 2 saturated carbocycles. The molecule has 4 nitrogen and oxygen atoms in total. The van der Waals surface area contributed by atoms with Crippen LogP contribution in [0.4, 0.5) is 0 Å². The van der Waals surface area contributed by atoms with Crippen LogP contribution in [0.1, 0.15) is 208 Å². The van der Waals surface area contributed by atoms with Crippen molar-refractivity contribution in [3.8, 4) is 89.5 Å². The largest absolute Gasteiger partial charge is 0.212 e. The lowest BCUT2D eigenvalue weighted by Gasteiger charge is -2.22. The summed E-state index contributed by atoms with van der Waals surface area (Å²) in [6.45, 7) is -14.4. The second kappa shape index (κ2) is 32.6.